The molecule has 4 aromatic rings. The zero-order chi connectivity index (χ0) is 22.7. The molecule has 6 rings (SSSR count). The van der Waals surface area contributed by atoms with Crippen LogP contribution in [-0.2, 0) is 0 Å². The standard InChI is InChI=1S/C33H31N/c1-5-13-26(14-6-1)30(27-15-7-2-8-16-27)23-25-21-22-33-31(24-25)29-19-11-4-12-20-32(29)34(33)28-17-9-3-10-18-28/h1-3,5-10,13-18,21-24,29,32H,4,11-12,19-20H2. The molecule has 4 aromatic carbocycles. The van der Waals surface area contributed by atoms with Crippen LogP contribution in [0.25, 0.3) is 11.6 Å². The average Bonchev–Trinajstić information content (AvgIpc) is 3.03. The molecule has 2 atom stereocenters. The molecule has 1 nitrogen and oxygen atoms in total. The number of anilines is 2. The monoisotopic (exact) mass is 441 g/mol. The van der Waals surface area contributed by atoms with Gasteiger partial charge in [-0.2, -0.15) is 0 Å². The molecule has 0 N–H and O–H groups in total. The molecule has 1 heteroatoms. The summed E-state index contributed by atoms with van der Waals surface area (Å²) in [7, 11) is 0. The van der Waals surface area contributed by atoms with Gasteiger partial charge in [0.15, 0.2) is 0 Å². The number of para-hydroxylation sites is 1. The summed E-state index contributed by atoms with van der Waals surface area (Å²) in [6, 6.07) is 40.3. The molecule has 0 aromatic heterocycles. The molecule has 0 amide bonds. The third-order valence-corrected chi connectivity index (χ3v) is 7.54. The van der Waals surface area contributed by atoms with Crippen molar-refractivity contribution in [2.45, 2.75) is 44.1 Å². The second-order valence-corrected chi connectivity index (χ2v) is 9.63. The molecule has 0 bridgehead atoms. The van der Waals surface area contributed by atoms with Crippen molar-refractivity contribution in [2.75, 3.05) is 4.90 Å². The van der Waals surface area contributed by atoms with Crippen LogP contribution < -0.4 is 4.90 Å². The minimum atomic E-state index is 0.571. The van der Waals surface area contributed by atoms with Gasteiger partial charge in [-0.1, -0.05) is 104 Å². The summed E-state index contributed by atoms with van der Waals surface area (Å²) < 4.78 is 0. The first-order chi connectivity index (χ1) is 16.9. The van der Waals surface area contributed by atoms with E-state index in [1.54, 1.807) is 0 Å². The molecule has 1 aliphatic carbocycles. The Morgan fingerprint density at radius 3 is 1.94 bits per heavy atom. The smallest absolute Gasteiger partial charge is 0.0450 e. The van der Waals surface area contributed by atoms with Gasteiger partial charge in [-0.25, -0.2) is 0 Å². The first-order valence-electron chi connectivity index (χ1n) is 12.7. The van der Waals surface area contributed by atoms with Gasteiger partial charge in [0.25, 0.3) is 0 Å². The molecular weight excluding hydrogens is 410 g/mol. The van der Waals surface area contributed by atoms with E-state index in [4.69, 9.17) is 0 Å². The number of fused-ring (bicyclic) bond motifs is 3. The highest BCUT2D eigenvalue weighted by Gasteiger charge is 2.39. The summed E-state index contributed by atoms with van der Waals surface area (Å²) >= 11 is 0. The predicted octanol–water partition coefficient (Wildman–Crippen LogP) is 8.84. The maximum atomic E-state index is 2.63. The highest BCUT2D eigenvalue weighted by Crippen LogP contribution is 2.50. The molecule has 1 aliphatic heterocycles. The number of hydrogen-bond donors (Lipinski definition) is 0. The number of nitrogens with zero attached hydrogens (tertiary/aromatic N) is 1. The molecule has 0 spiro atoms. The van der Waals surface area contributed by atoms with E-state index in [2.05, 4.69) is 120 Å². The minimum absolute atomic E-state index is 0.571. The summed E-state index contributed by atoms with van der Waals surface area (Å²) in [5.74, 6) is 0.614. The largest absolute Gasteiger partial charge is 0.338 e. The van der Waals surface area contributed by atoms with Gasteiger partial charge in [0.1, 0.15) is 0 Å². The van der Waals surface area contributed by atoms with Gasteiger partial charge in [-0.15, -0.1) is 0 Å². The normalized spacial score (nSPS) is 19.1. The molecule has 1 heterocycles. The average molecular weight is 442 g/mol. The third-order valence-electron chi connectivity index (χ3n) is 7.54. The van der Waals surface area contributed by atoms with Crippen molar-refractivity contribution in [2.24, 2.45) is 0 Å². The van der Waals surface area contributed by atoms with Gasteiger partial charge in [-0.3, -0.25) is 0 Å². The topological polar surface area (TPSA) is 3.24 Å². The number of hydrogen-bond acceptors (Lipinski definition) is 1. The quantitative estimate of drug-likeness (QED) is 0.286. The highest BCUT2D eigenvalue weighted by atomic mass is 15.2. The Balaban J connectivity index is 1.46. The van der Waals surface area contributed by atoms with Crippen molar-refractivity contribution in [1.29, 1.82) is 0 Å². The van der Waals surface area contributed by atoms with Gasteiger partial charge in [0.05, 0.1) is 0 Å². The van der Waals surface area contributed by atoms with Gasteiger partial charge < -0.3 is 4.90 Å². The second kappa shape index (κ2) is 9.35. The van der Waals surface area contributed by atoms with Gasteiger partial charge >= 0.3 is 0 Å². The van der Waals surface area contributed by atoms with Crippen LogP contribution in [0.5, 0.6) is 0 Å². The summed E-state index contributed by atoms with van der Waals surface area (Å²) in [5, 5.41) is 0. The lowest BCUT2D eigenvalue weighted by Gasteiger charge is -2.29. The van der Waals surface area contributed by atoms with Crippen molar-refractivity contribution in [3.8, 4) is 0 Å². The van der Waals surface area contributed by atoms with Crippen molar-refractivity contribution in [3.05, 3.63) is 131 Å². The first kappa shape index (κ1) is 21.0. The highest BCUT2D eigenvalue weighted by molar-refractivity contribution is 5.92. The first-order valence-corrected chi connectivity index (χ1v) is 12.7. The lowest BCUT2D eigenvalue weighted by molar-refractivity contribution is 0.529. The SMILES string of the molecule is C(=C(c1ccccc1)c1ccccc1)c1ccc2c(c1)C1CCCCCC1N2c1ccccc1. The Kier molecular flexibility index (Phi) is 5.77. The predicted molar refractivity (Wildman–Crippen MR) is 144 cm³/mol. The Labute approximate surface area is 203 Å². The van der Waals surface area contributed by atoms with Crippen LogP contribution in [-0.4, -0.2) is 6.04 Å². The van der Waals surface area contributed by atoms with Crippen LogP contribution in [0.4, 0.5) is 11.4 Å². The molecule has 168 valence electrons. The number of benzene rings is 4. The lowest BCUT2D eigenvalue weighted by Crippen LogP contribution is -2.29. The molecule has 0 radical (unpaired) electrons. The third kappa shape index (κ3) is 3.96. The van der Waals surface area contributed by atoms with Crippen molar-refractivity contribution < 1.29 is 0 Å². The minimum Gasteiger partial charge on any atom is -0.338 e. The van der Waals surface area contributed by atoms with E-state index in [9.17, 15) is 0 Å². The molecule has 2 unspecified atom stereocenters. The van der Waals surface area contributed by atoms with Crippen LogP contribution in [0.2, 0.25) is 0 Å². The molecule has 34 heavy (non-hydrogen) atoms. The Morgan fingerprint density at radius 1 is 0.647 bits per heavy atom. The Bertz CT molecular complexity index is 1230. The van der Waals surface area contributed by atoms with E-state index in [1.165, 1.54) is 71.3 Å². The second-order valence-electron chi connectivity index (χ2n) is 9.63. The van der Waals surface area contributed by atoms with E-state index < -0.39 is 0 Å². The van der Waals surface area contributed by atoms with Crippen LogP contribution in [0, 0.1) is 0 Å². The maximum absolute atomic E-state index is 2.63. The maximum Gasteiger partial charge on any atom is 0.0450 e. The van der Waals surface area contributed by atoms with E-state index in [1.807, 2.05) is 0 Å². The van der Waals surface area contributed by atoms with Crippen LogP contribution in [0.3, 0.4) is 0 Å². The van der Waals surface area contributed by atoms with Crippen LogP contribution in [0.1, 0.15) is 60.3 Å². The fourth-order valence-electron chi connectivity index (χ4n) is 5.97. The summed E-state index contributed by atoms with van der Waals surface area (Å²) in [6.45, 7) is 0. The fraction of sp³-hybridized carbons (Fsp3) is 0.212. The Morgan fingerprint density at radius 2 is 1.26 bits per heavy atom. The van der Waals surface area contributed by atoms with E-state index in [0.29, 0.717) is 12.0 Å². The fourth-order valence-corrected chi connectivity index (χ4v) is 5.97. The molecular formula is C33H31N. The molecule has 1 saturated carbocycles. The van der Waals surface area contributed by atoms with E-state index in [-0.39, 0.29) is 0 Å². The van der Waals surface area contributed by atoms with Crippen molar-refractivity contribution in [3.63, 3.8) is 0 Å². The Hall–Kier alpha value is -3.58. The van der Waals surface area contributed by atoms with E-state index >= 15 is 0 Å². The zero-order valence-corrected chi connectivity index (χ0v) is 19.6. The van der Waals surface area contributed by atoms with Crippen molar-refractivity contribution in [1.82, 2.24) is 0 Å². The molecule has 0 saturated heterocycles. The van der Waals surface area contributed by atoms with Crippen LogP contribution in [0.15, 0.2) is 109 Å². The summed E-state index contributed by atoms with van der Waals surface area (Å²) in [4.78, 5) is 2.63. The molecule has 1 fully saturated rings. The molecule has 2 aliphatic rings. The van der Waals surface area contributed by atoms with Gasteiger partial charge in [-0.05, 0) is 71.0 Å². The summed E-state index contributed by atoms with van der Waals surface area (Å²) in [6.07, 6.45) is 8.97. The van der Waals surface area contributed by atoms with E-state index in [0.717, 1.165) is 0 Å². The van der Waals surface area contributed by atoms with Gasteiger partial charge in [0.2, 0.25) is 0 Å². The number of rotatable bonds is 4. The van der Waals surface area contributed by atoms with Crippen molar-refractivity contribution >= 4 is 23.0 Å². The van der Waals surface area contributed by atoms with Gasteiger partial charge in [0, 0.05) is 23.3 Å². The lowest BCUT2D eigenvalue weighted by atomic mass is 9.89. The van der Waals surface area contributed by atoms with Crippen LogP contribution >= 0.6 is 0 Å². The zero-order valence-electron chi connectivity index (χ0n) is 19.6. The summed E-state index contributed by atoms with van der Waals surface area (Å²) in [5.41, 5.74) is 9.35.